The van der Waals surface area contributed by atoms with Crippen molar-refractivity contribution in [1.82, 2.24) is 5.32 Å². The van der Waals surface area contributed by atoms with Crippen LogP contribution in [0.5, 0.6) is 0 Å². The highest BCUT2D eigenvalue weighted by Gasteiger charge is 2.20. The normalized spacial score (nSPS) is 12.6. The van der Waals surface area contributed by atoms with Crippen LogP contribution in [0.15, 0.2) is 36.4 Å². The van der Waals surface area contributed by atoms with E-state index in [9.17, 15) is 4.79 Å². The number of benzene rings is 2. The number of methoxy groups -OCH3 is 2. The molecule has 0 spiro atoms. The second kappa shape index (κ2) is 6.56. The van der Waals surface area contributed by atoms with Gasteiger partial charge in [-0.3, -0.25) is 4.79 Å². The van der Waals surface area contributed by atoms with Crippen LogP contribution in [0.2, 0.25) is 0 Å². The lowest BCUT2D eigenvalue weighted by Gasteiger charge is -2.22. The topological polar surface area (TPSA) is 73.6 Å². The minimum atomic E-state index is -0.504. The number of anilines is 1. The van der Waals surface area contributed by atoms with E-state index >= 15 is 0 Å². The van der Waals surface area contributed by atoms with Gasteiger partial charge in [-0.2, -0.15) is 0 Å². The summed E-state index contributed by atoms with van der Waals surface area (Å²) in [6.45, 7) is 1.81. The molecule has 5 heteroatoms. The van der Waals surface area contributed by atoms with E-state index in [-0.39, 0.29) is 11.9 Å². The van der Waals surface area contributed by atoms with Gasteiger partial charge in [0.25, 0.3) is 5.91 Å². The highest BCUT2D eigenvalue weighted by molar-refractivity contribution is 6.04. The van der Waals surface area contributed by atoms with Crippen LogP contribution < -0.4 is 11.1 Å². The number of fused-ring (bicyclic) bond motifs is 1. The van der Waals surface area contributed by atoms with Gasteiger partial charge in [-0.1, -0.05) is 24.3 Å². The van der Waals surface area contributed by atoms with E-state index < -0.39 is 6.29 Å². The number of nitrogen functional groups attached to an aromatic ring is 1. The van der Waals surface area contributed by atoms with Crippen LogP contribution in [0.25, 0.3) is 10.8 Å². The van der Waals surface area contributed by atoms with Crippen LogP contribution >= 0.6 is 0 Å². The van der Waals surface area contributed by atoms with Crippen LogP contribution in [0.1, 0.15) is 17.3 Å². The van der Waals surface area contributed by atoms with Crippen molar-refractivity contribution in [2.45, 2.75) is 19.3 Å². The van der Waals surface area contributed by atoms with Crippen molar-refractivity contribution in [2.24, 2.45) is 0 Å². The van der Waals surface area contributed by atoms with Gasteiger partial charge in [-0.25, -0.2) is 0 Å². The molecule has 0 aliphatic heterocycles. The molecule has 3 N–H and O–H groups in total. The summed E-state index contributed by atoms with van der Waals surface area (Å²) in [5, 5.41) is 4.81. The predicted octanol–water partition coefficient (Wildman–Crippen LogP) is 2.16. The zero-order valence-electron chi connectivity index (χ0n) is 12.4. The van der Waals surface area contributed by atoms with Gasteiger partial charge in [-0.05, 0) is 29.8 Å². The standard InChI is InChI=1S/C16H20N2O3/c1-10(16(20-2)21-3)18-15(19)13-8-11-6-4-5-7-12(11)9-14(13)17/h4-10,16H,17H2,1-3H3,(H,18,19). The maximum atomic E-state index is 12.4. The van der Waals surface area contributed by atoms with Crippen molar-refractivity contribution in [2.75, 3.05) is 20.0 Å². The summed E-state index contributed by atoms with van der Waals surface area (Å²) in [6, 6.07) is 11.1. The summed E-state index contributed by atoms with van der Waals surface area (Å²) in [5.74, 6) is -0.246. The van der Waals surface area contributed by atoms with E-state index in [0.29, 0.717) is 11.3 Å². The number of amides is 1. The fourth-order valence-corrected chi connectivity index (χ4v) is 2.31. The molecular formula is C16H20N2O3. The van der Waals surface area contributed by atoms with Gasteiger partial charge in [0.15, 0.2) is 6.29 Å². The number of hydrogen-bond donors (Lipinski definition) is 2. The summed E-state index contributed by atoms with van der Waals surface area (Å²) >= 11 is 0. The highest BCUT2D eigenvalue weighted by atomic mass is 16.7. The molecule has 1 atom stereocenters. The Kier molecular flexibility index (Phi) is 4.77. The molecule has 1 unspecified atom stereocenters. The minimum absolute atomic E-state index is 0.246. The Hall–Kier alpha value is -2.11. The van der Waals surface area contributed by atoms with Gasteiger partial charge in [0, 0.05) is 19.9 Å². The SMILES string of the molecule is COC(OC)C(C)NC(=O)c1cc2ccccc2cc1N. The highest BCUT2D eigenvalue weighted by Crippen LogP contribution is 2.22. The largest absolute Gasteiger partial charge is 0.398 e. The third kappa shape index (κ3) is 3.32. The van der Waals surface area contributed by atoms with Gasteiger partial charge in [-0.15, -0.1) is 0 Å². The number of carbonyl (C=O) groups excluding carboxylic acids is 1. The molecule has 0 fully saturated rings. The molecule has 0 radical (unpaired) electrons. The smallest absolute Gasteiger partial charge is 0.253 e. The number of nitrogens with one attached hydrogen (secondary N) is 1. The van der Waals surface area contributed by atoms with Crippen LogP contribution in [-0.2, 0) is 9.47 Å². The maximum Gasteiger partial charge on any atom is 0.253 e. The minimum Gasteiger partial charge on any atom is -0.398 e. The summed E-state index contributed by atoms with van der Waals surface area (Å²) < 4.78 is 10.3. The quantitative estimate of drug-likeness (QED) is 0.653. The zero-order chi connectivity index (χ0) is 15.4. The number of carbonyl (C=O) groups is 1. The zero-order valence-corrected chi connectivity index (χ0v) is 12.4. The molecule has 2 aromatic carbocycles. The molecule has 21 heavy (non-hydrogen) atoms. The Bertz CT molecular complexity index is 638. The van der Waals surface area contributed by atoms with Gasteiger partial charge in [0.2, 0.25) is 0 Å². The number of hydrogen-bond acceptors (Lipinski definition) is 4. The van der Waals surface area contributed by atoms with Crippen molar-refractivity contribution in [3.63, 3.8) is 0 Å². The molecule has 0 aliphatic carbocycles. The molecule has 0 bridgehead atoms. The fourth-order valence-electron chi connectivity index (χ4n) is 2.31. The van der Waals surface area contributed by atoms with Crippen LogP contribution in [0.4, 0.5) is 5.69 Å². The lowest BCUT2D eigenvalue weighted by Crippen LogP contribution is -2.43. The van der Waals surface area contributed by atoms with Crippen molar-refractivity contribution in [1.29, 1.82) is 0 Å². The summed E-state index contributed by atoms with van der Waals surface area (Å²) in [6.07, 6.45) is -0.504. The first-order chi connectivity index (χ1) is 10.1. The maximum absolute atomic E-state index is 12.4. The second-order valence-electron chi connectivity index (χ2n) is 4.89. The van der Waals surface area contributed by atoms with Gasteiger partial charge in [0.05, 0.1) is 11.6 Å². The molecule has 2 rings (SSSR count). The van der Waals surface area contributed by atoms with E-state index in [4.69, 9.17) is 15.2 Å². The number of ether oxygens (including phenoxy) is 2. The third-order valence-corrected chi connectivity index (χ3v) is 3.39. The number of nitrogens with two attached hydrogens (primary N) is 1. The Labute approximate surface area is 124 Å². The molecular weight excluding hydrogens is 268 g/mol. The first-order valence-corrected chi connectivity index (χ1v) is 6.71. The molecule has 1 amide bonds. The Morgan fingerprint density at radius 2 is 1.71 bits per heavy atom. The molecule has 0 saturated heterocycles. The van der Waals surface area contributed by atoms with E-state index in [1.165, 1.54) is 14.2 Å². The predicted molar refractivity (Wildman–Crippen MR) is 83.1 cm³/mol. The van der Waals surface area contributed by atoms with Crippen molar-refractivity contribution < 1.29 is 14.3 Å². The Morgan fingerprint density at radius 1 is 1.14 bits per heavy atom. The molecule has 2 aromatic rings. The molecule has 112 valence electrons. The molecule has 0 saturated carbocycles. The van der Waals surface area contributed by atoms with Crippen molar-refractivity contribution in [3.8, 4) is 0 Å². The van der Waals surface area contributed by atoms with Crippen molar-refractivity contribution in [3.05, 3.63) is 42.0 Å². The van der Waals surface area contributed by atoms with Crippen LogP contribution in [-0.4, -0.2) is 32.5 Å². The average molecular weight is 288 g/mol. The second-order valence-corrected chi connectivity index (χ2v) is 4.89. The van der Waals surface area contributed by atoms with Crippen LogP contribution in [0, 0.1) is 0 Å². The van der Waals surface area contributed by atoms with Crippen molar-refractivity contribution >= 4 is 22.4 Å². The molecule has 0 aromatic heterocycles. The third-order valence-electron chi connectivity index (χ3n) is 3.39. The van der Waals surface area contributed by atoms with Gasteiger partial charge >= 0.3 is 0 Å². The summed E-state index contributed by atoms with van der Waals surface area (Å²) in [5.41, 5.74) is 6.88. The first kappa shape index (κ1) is 15.3. The fraction of sp³-hybridized carbons (Fsp3) is 0.312. The molecule has 5 nitrogen and oxygen atoms in total. The number of rotatable bonds is 5. The average Bonchev–Trinajstić information content (AvgIpc) is 2.47. The van der Waals surface area contributed by atoms with E-state index in [2.05, 4.69) is 5.32 Å². The lowest BCUT2D eigenvalue weighted by molar-refractivity contribution is -0.117. The summed E-state index contributed by atoms with van der Waals surface area (Å²) in [7, 11) is 3.06. The van der Waals surface area contributed by atoms with Gasteiger partial charge < -0.3 is 20.5 Å². The van der Waals surface area contributed by atoms with E-state index in [0.717, 1.165) is 10.8 Å². The van der Waals surface area contributed by atoms with E-state index in [1.54, 1.807) is 12.1 Å². The lowest BCUT2D eigenvalue weighted by atomic mass is 10.0. The Morgan fingerprint density at radius 3 is 2.29 bits per heavy atom. The molecule has 0 aliphatic rings. The van der Waals surface area contributed by atoms with Gasteiger partial charge in [0.1, 0.15) is 0 Å². The van der Waals surface area contributed by atoms with E-state index in [1.807, 2.05) is 31.2 Å². The first-order valence-electron chi connectivity index (χ1n) is 6.71. The monoisotopic (exact) mass is 288 g/mol. The summed E-state index contributed by atoms with van der Waals surface area (Å²) in [4.78, 5) is 12.4. The van der Waals surface area contributed by atoms with Crippen LogP contribution in [0.3, 0.4) is 0 Å². The Balaban J connectivity index is 2.25. The molecule has 0 heterocycles.